The van der Waals surface area contributed by atoms with E-state index in [-0.39, 0.29) is 11.4 Å². The molecule has 0 aliphatic heterocycles. The van der Waals surface area contributed by atoms with E-state index >= 15 is 0 Å². The summed E-state index contributed by atoms with van der Waals surface area (Å²) in [6.45, 7) is 11.7. The summed E-state index contributed by atoms with van der Waals surface area (Å²) in [5.74, 6) is 2.61. The van der Waals surface area contributed by atoms with Gasteiger partial charge in [0, 0.05) is 29.9 Å². The highest BCUT2D eigenvalue weighted by Crippen LogP contribution is 2.37. The molecule has 182 valence electrons. The molecule has 0 unspecified atom stereocenters. The van der Waals surface area contributed by atoms with Gasteiger partial charge in [-0.1, -0.05) is 27.7 Å². The molecule has 34 heavy (non-hydrogen) atoms. The largest absolute Gasteiger partial charge is 0.493 e. The van der Waals surface area contributed by atoms with Gasteiger partial charge in [0.15, 0.2) is 11.5 Å². The van der Waals surface area contributed by atoms with Crippen molar-refractivity contribution in [1.82, 2.24) is 10.3 Å². The van der Waals surface area contributed by atoms with Crippen LogP contribution in [0.25, 0.3) is 10.9 Å². The van der Waals surface area contributed by atoms with Crippen molar-refractivity contribution in [3.63, 3.8) is 0 Å². The molecule has 1 aromatic heterocycles. The lowest BCUT2D eigenvalue weighted by molar-refractivity contribution is 0.250. The van der Waals surface area contributed by atoms with Crippen LogP contribution >= 0.6 is 0 Å². The van der Waals surface area contributed by atoms with Gasteiger partial charge in [-0.15, -0.1) is 0 Å². The molecule has 2 N–H and O–H groups in total. The summed E-state index contributed by atoms with van der Waals surface area (Å²) in [6.07, 6.45) is 3.52. The Morgan fingerprint density at radius 2 is 1.85 bits per heavy atom. The third-order valence-electron chi connectivity index (χ3n) is 5.28. The molecule has 3 aromatic rings. The first kappa shape index (κ1) is 25.1. The molecule has 0 atom stereocenters. The molecule has 0 spiro atoms. The van der Waals surface area contributed by atoms with Crippen LogP contribution in [-0.4, -0.2) is 31.3 Å². The molecule has 0 bridgehead atoms. The number of hydrogen-bond donors (Lipinski definition) is 2. The van der Waals surface area contributed by atoms with Crippen molar-refractivity contribution in [2.75, 3.05) is 25.6 Å². The van der Waals surface area contributed by atoms with Gasteiger partial charge in [0.1, 0.15) is 11.5 Å². The number of nitrogens with zero attached hydrogens (tertiary/aromatic N) is 1. The molecule has 3 rings (SSSR count). The summed E-state index contributed by atoms with van der Waals surface area (Å²) in [5, 5.41) is 6.64. The van der Waals surface area contributed by atoms with E-state index < -0.39 is 0 Å². The normalized spacial score (nSPS) is 11.2. The van der Waals surface area contributed by atoms with E-state index in [4.69, 9.17) is 14.2 Å². The molecule has 0 radical (unpaired) electrons. The van der Waals surface area contributed by atoms with Gasteiger partial charge < -0.3 is 24.8 Å². The maximum absolute atomic E-state index is 12.2. The highest BCUT2D eigenvalue weighted by Gasteiger charge is 2.14. The number of aryl methyl sites for hydroxylation is 1. The van der Waals surface area contributed by atoms with Crippen LogP contribution in [0.3, 0.4) is 0 Å². The predicted octanol–water partition coefficient (Wildman–Crippen LogP) is 6.69. The number of methoxy groups -OCH3 is 1. The van der Waals surface area contributed by atoms with Gasteiger partial charge in [-0.3, -0.25) is 4.98 Å². The zero-order valence-corrected chi connectivity index (χ0v) is 21.0. The molecule has 0 aliphatic rings. The Morgan fingerprint density at radius 3 is 2.53 bits per heavy atom. The monoisotopic (exact) mass is 465 g/mol. The van der Waals surface area contributed by atoms with Crippen LogP contribution in [0.5, 0.6) is 23.0 Å². The zero-order valence-electron chi connectivity index (χ0n) is 21.0. The number of carbonyl (C=O) groups is 1. The minimum Gasteiger partial charge on any atom is -0.493 e. The molecular formula is C27H35N3O4. The van der Waals surface area contributed by atoms with Gasteiger partial charge >= 0.3 is 6.03 Å². The van der Waals surface area contributed by atoms with Crippen LogP contribution in [0.4, 0.5) is 10.5 Å². The lowest BCUT2D eigenvalue weighted by Gasteiger charge is -2.18. The van der Waals surface area contributed by atoms with Crippen LogP contribution in [0, 0.1) is 12.3 Å². The van der Waals surface area contributed by atoms with E-state index in [9.17, 15) is 4.79 Å². The van der Waals surface area contributed by atoms with Crippen LogP contribution in [-0.2, 0) is 0 Å². The maximum Gasteiger partial charge on any atom is 0.319 e. The van der Waals surface area contributed by atoms with Gasteiger partial charge in [-0.2, -0.15) is 0 Å². The second-order valence-electron chi connectivity index (χ2n) is 9.45. The highest BCUT2D eigenvalue weighted by atomic mass is 16.5. The van der Waals surface area contributed by atoms with Crippen molar-refractivity contribution in [2.45, 2.75) is 47.5 Å². The number of ether oxygens (including phenoxy) is 3. The number of fused-ring (bicyclic) bond motifs is 1. The Hall–Kier alpha value is -3.48. The van der Waals surface area contributed by atoms with Crippen LogP contribution in [0.15, 0.2) is 42.6 Å². The third kappa shape index (κ3) is 6.76. The first-order chi connectivity index (χ1) is 16.2. The van der Waals surface area contributed by atoms with Gasteiger partial charge in [0.25, 0.3) is 0 Å². The molecule has 2 aromatic carbocycles. The average Bonchev–Trinajstić information content (AvgIpc) is 2.78. The number of pyridine rings is 1. The number of rotatable bonds is 9. The smallest absolute Gasteiger partial charge is 0.319 e. The van der Waals surface area contributed by atoms with E-state index in [1.807, 2.05) is 43.3 Å². The summed E-state index contributed by atoms with van der Waals surface area (Å²) >= 11 is 0. The molecule has 2 amide bonds. The molecular weight excluding hydrogens is 430 g/mol. The second-order valence-corrected chi connectivity index (χ2v) is 9.45. The van der Waals surface area contributed by atoms with Crippen molar-refractivity contribution in [2.24, 2.45) is 5.41 Å². The second kappa shape index (κ2) is 11.1. The summed E-state index contributed by atoms with van der Waals surface area (Å²) in [4.78, 5) is 16.7. The number of nitrogens with one attached hydrogen (secondary N) is 2. The highest BCUT2D eigenvalue weighted by molar-refractivity contribution is 5.90. The van der Waals surface area contributed by atoms with E-state index in [1.165, 1.54) is 0 Å². The Kier molecular flexibility index (Phi) is 8.21. The van der Waals surface area contributed by atoms with Crippen molar-refractivity contribution in [3.05, 3.63) is 48.2 Å². The van der Waals surface area contributed by atoms with Crippen molar-refractivity contribution in [3.8, 4) is 23.0 Å². The summed E-state index contributed by atoms with van der Waals surface area (Å²) in [7, 11) is 1.62. The molecule has 1 heterocycles. The van der Waals surface area contributed by atoms with Gasteiger partial charge in [-0.05, 0) is 61.1 Å². The Balaban J connectivity index is 1.74. The first-order valence-corrected chi connectivity index (χ1v) is 11.6. The zero-order chi connectivity index (χ0) is 24.7. The van der Waals surface area contributed by atoms with E-state index in [1.54, 1.807) is 13.3 Å². The summed E-state index contributed by atoms with van der Waals surface area (Å²) in [6, 6.07) is 10.9. The number of hydrogen-bond acceptors (Lipinski definition) is 5. The van der Waals surface area contributed by atoms with E-state index in [2.05, 4.69) is 43.3 Å². The fourth-order valence-electron chi connectivity index (χ4n) is 3.39. The number of amides is 2. The van der Waals surface area contributed by atoms with Gasteiger partial charge in [0.2, 0.25) is 0 Å². The number of carbonyl (C=O) groups excluding carboxylic acids is 1. The van der Waals surface area contributed by atoms with Gasteiger partial charge in [0.05, 0.1) is 19.2 Å². The van der Waals surface area contributed by atoms with E-state index in [0.29, 0.717) is 36.1 Å². The van der Waals surface area contributed by atoms with Crippen LogP contribution in [0.2, 0.25) is 0 Å². The SMILES string of the molecule is CCCOc1cc2nccc(Oc3ccc(NC(=O)NCCC(C)(C)C)c(C)c3)c2cc1OC. The Labute approximate surface area is 201 Å². The summed E-state index contributed by atoms with van der Waals surface area (Å²) in [5.41, 5.74) is 2.56. The maximum atomic E-state index is 12.2. The number of benzene rings is 2. The third-order valence-corrected chi connectivity index (χ3v) is 5.28. The number of urea groups is 1. The van der Waals surface area contributed by atoms with Gasteiger partial charge in [-0.25, -0.2) is 4.79 Å². The quantitative estimate of drug-likeness (QED) is 0.368. The number of aromatic nitrogens is 1. The first-order valence-electron chi connectivity index (χ1n) is 11.6. The molecule has 0 fully saturated rings. The summed E-state index contributed by atoms with van der Waals surface area (Å²) < 4.78 is 17.5. The molecule has 0 saturated carbocycles. The van der Waals surface area contributed by atoms with Crippen molar-refractivity contribution < 1.29 is 19.0 Å². The topological polar surface area (TPSA) is 81.7 Å². The van der Waals surface area contributed by atoms with Crippen LogP contribution in [0.1, 0.15) is 46.1 Å². The molecule has 7 nitrogen and oxygen atoms in total. The molecule has 0 saturated heterocycles. The lowest BCUT2D eigenvalue weighted by atomic mass is 9.92. The fraction of sp³-hybridized carbons (Fsp3) is 0.407. The van der Waals surface area contributed by atoms with Crippen molar-refractivity contribution >= 4 is 22.6 Å². The van der Waals surface area contributed by atoms with Crippen LogP contribution < -0.4 is 24.8 Å². The molecule has 0 aliphatic carbocycles. The number of anilines is 1. The van der Waals surface area contributed by atoms with Crippen molar-refractivity contribution in [1.29, 1.82) is 0 Å². The molecule has 7 heteroatoms. The minimum absolute atomic E-state index is 0.174. The Morgan fingerprint density at radius 1 is 1.06 bits per heavy atom. The standard InChI is InChI=1S/C27H35N3O4/c1-7-14-33-25-17-22-20(16-24(25)32-6)23(10-12-28-22)34-19-8-9-21(18(2)15-19)30-26(31)29-13-11-27(3,4)5/h8-10,12,15-17H,7,11,13-14H2,1-6H3,(H2,29,30,31). The average molecular weight is 466 g/mol. The Bertz CT molecular complexity index is 1140. The predicted molar refractivity (Wildman–Crippen MR) is 136 cm³/mol. The minimum atomic E-state index is -0.214. The van der Waals surface area contributed by atoms with E-state index in [0.717, 1.165) is 35.0 Å². The fourth-order valence-corrected chi connectivity index (χ4v) is 3.39. The lowest BCUT2D eigenvalue weighted by Crippen LogP contribution is -2.31.